The number of carbonyl (C=O) groups excluding carboxylic acids is 2. The van der Waals surface area contributed by atoms with Crippen LogP contribution in [0.3, 0.4) is 0 Å². The summed E-state index contributed by atoms with van der Waals surface area (Å²) in [6.45, 7) is 7.94. The zero-order valence-electron chi connectivity index (χ0n) is 26.7. The molecule has 1 unspecified atom stereocenters. The molecule has 0 radical (unpaired) electrons. The fraction of sp³-hybridized carbons (Fsp3) is 0.943. The Morgan fingerprint density at radius 2 is 0.821 bits per heavy atom. The third-order valence-corrected chi connectivity index (χ3v) is 8.10. The molecule has 0 aliphatic rings. The van der Waals surface area contributed by atoms with Gasteiger partial charge in [-0.25, -0.2) is 0 Å². The van der Waals surface area contributed by atoms with Gasteiger partial charge in [-0.1, -0.05) is 156 Å². The molecule has 1 atom stereocenters. The first kappa shape index (κ1) is 37.9. The van der Waals surface area contributed by atoms with Gasteiger partial charge >= 0.3 is 11.9 Å². The first-order valence-electron chi connectivity index (χ1n) is 17.4. The number of rotatable bonds is 31. The van der Waals surface area contributed by atoms with Crippen LogP contribution in [0.5, 0.6) is 0 Å². The lowest BCUT2D eigenvalue weighted by Crippen LogP contribution is -2.09. The topological polar surface area (TPSA) is 52.6 Å². The molecule has 0 aromatic rings. The van der Waals surface area contributed by atoms with Crippen molar-refractivity contribution in [3.05, 3.63) is 0 Å². The number of carbonyl (C=O) groups is 2. The molecular formula is C35H68O4. The van der Waals surface area contributed by atoms with E-state index in [4.69, 9.17) is 9.47 Å². The van der Waals surface area contributed by atoms with Crippen LogP contribution in [0.4, 0.5) is 0 Å². The number of hydrogen-bond acceptors (Lipinski definition) is 4. The first-order chi connectivity index (χ1) is 19.1. The van der Waals surface area contributed by atoms with E-state index in [1.54, 1.807) is 0 Å². The molecule has 0 amide bonds. The summed E-state index contributed by atoms with van der Waals surface area (Å²) in [5.74, 6) is 0.669. The Morgan fingerprint density at radius 1 is 0.436 bits per heavy atom. The second-order valence-electron chi connectivity index (χ2n) is 11.9. The van der Waals surface area contributed by atoms with Crippen LogP contribution in [0.25, 0.3) is 0 Å². The molecule has 4 heteroatoms. The Labute approximate surface area is 244 Å². The van der Waals surface area contributed by atoms with E-state index >= 15 is 0 Å². The van der Waals surface area contributed by atoms with Gasteiger partial charge in [0.2, 0.25) is 0 Å². The van der Waals surface area contributed by atoms with E-state index < -0.39 is 0 Å². The van der Waals surface area contributed by atoms with Gasteiger partial charge in [-0.15, -0.1) is 0 Å². The molecule has 0 saturated carbocycles. The zero-order valence-corrected chi connectivity index (χ0v) is 26.7. The van der Waals surface area contributed by atoms with Gasteiger partial charge < -0.3 is 9.47 Å². The van der Waals surface area contributed by atoms with Gasteiger partial charge in [0, 0.05) is 12.8 Å². The molecule has 0 rings (SSSR count). The fourth-order valence-corrected chi connectivity index (χ4v) is 5.27. The molecule has 0 saturated heterocycles. The summed E-state index contributed by atoms with van der Waals surface area (Å²) in [5.41, 5.74) is 0. The third kappa shape index (κ3) is 29.7. The summed E-state index contributed by atoms with van der Waals surface area (Å²) in [6.07, 6.45) is 31.9. The molecule has 232 valence electrons. The number of esters is 2. The molecule has 0 heterocycles. The van der Waals surface area contributed by atoms with Crippen LogP contribution >= 0.6 is 0 Å². The summed E-state index contributed by atoms with van der Waals surface area (Å²) in [6, 6.07) is 0. The Hall–Kier alpha value is -1.06. The van der Waals surface area contributed by atoms with Crippen molar-refractivity contribution in [3.63, 3.8) is 0 Å². The SMILES string of the molecule is CCCCCCCCOC(=O)CCCCCCCCCCCCC(CC)CCC(=O)OCCCCCCCC. The van der Waals surface area contributed by atoms with Crippen LogP contribution in [0.1, 0.15) is 194 Å². The quantitative estimate of drug-likeness (QED) is 0.0634. The normalized spacial score (nSPS) is 12.0. The molecule has 0 aromatic carbocycles. The van der Waals surface area contributed by atoms with Crippen molar-refractivity contribution in [2.24, 2.45) is 5.92 Å². The van der Waals surface area contributed by atoms with E-state index in [9.17, 15) is 9.59 Å². The standard InChI is InChI=1S/C35H68O4/c1-4-7-9-11-21-25-31-38-34(36)28-24-20-18-16-14-13-15-17-19-23-27-33(6-3)29-30-35(37)39-32-26-22-12-10-8-5-2/h33H,4-32H2,1-3H3. The summed E-state index contributed by atoms with van der Waals surface area (Å²) >= 11 is 0. The summed E-state index contributed by atoms with van der Waals surface area (Å²) in [5, 5.41) is 0. The van der Waals surface area contributed by atoms with Crippen LogP contribution < -0.4 is 0 Å². The van der Waals surface area contributed by atoms with E-state index in [0.717, 1.165) is 32.1 Å². The molecule has 0 aromatic heterocycles. The van der Waals surface area contributed by atoms with Crippen molar-refractivity contribution in [3.8, 4) is 0 Å². The smallest absolute Gasteiger partial charge is 0.305 e. The Kier molecular flexibility index (Phi) is 30.6. The van der Waals surface area contributed by atoms with Gasteiger partial charge in [-0.3, -0.25) is 9.59 Å². The largest absolute Gasteiger partial charge is 0.466 e. The molecule has 0 fully saturated rings. The molecule has 39 heavy (non-hydrogen) atoms. The summed E-state index contributed by atoms with van der Waals surface area (Å²) in [4.78, 5) is 23.8. The van der Waals surface area contributed by atoms with E-state index in [1.807, 2.05) is 0 Å². The lowest BCUT2D eigenvalue weighted by molar-refractivity contribution is -0.145. The molecule has 4 nitrogen and oxygen atoms in total. The zero-order chi connectivity index (χ0) is 28.7. The number of unbranched alkanes of at least 4 members (excludes halogenated alkanes) is 19. The molecule has 0 aliphatic heterocycles. The minimum Gasteiger partial charge on any atom is -0.466 e. The van der Waals surface area contributed by atoms with E-state index in [2.05, 4.69) is 20.8 Å². The number of hydrogen-bond donors (Lipinski definition) is 0. The minimum atomic E-state index is -0.00250. The van der Waals surface area contributed by atoms with Gasteiger partial charge in [0.05, 0.1) is 13.2 Å². The predicted molar refractivity (Wildman–Crippen MR) is 167 cm³/mol. The average molecular weight is 553 g/mol. The van der Waals surface area contributed by atoms with E-state index in [1.165, 1.54) is 128 Å². The maximum absolute atomic E-state index is 12.0. The third-order valence-electron chi connectivity index (χ3n) is 8.10. The van der Waals surface area contributed by atoms with Gasteiger partial charge in [0.1, 0.15) is 0 Å². The van der Waals surface area contributed by atoms with Crippen molar-refractivity contribution in [2.75, 3.05) is 13.2 Å². The highest BCUT2D eigenvalue weighted by molar-refractivity contribution is 5.69. The van der Waals surface area contributed by atoms with Crippen LogP contribution in [-0.2, 0) is 19.1 Å². The Bertz CT molecular complexity index is 519. The molecule has 0 spiro atoms. The van der Waals surface area contributed by atoms with Crippen LogP contribution in [0.2, 0.25) is 0 Å². The van der Waals surface area contributed by atoms with Crippen molar-refractivity contribution in [2.45, 2.75) is 194 Å². The highest BCUT2D eigenvalue weighted by atomic mass is 16.5. The second-order valence-corrected chi connectivity index (χ2v) is 11.9. The van der Waals surface area contributed by atoms with Crippen molar-refractivity contribution in [1.82, 2.24) is 0 Å². The van der Waals surface area contributed by atoms with Gasteiger partial charge in [0.25, 0.3) is 0 Å². The van der Waals surface area contributed by atoms with Gasteiger partial charge in [0.15, 0.2) is 0 Å². The lowest BCUT2D eigenvalue weighted by atomic mass is 9.93. The first-order valence-corrected chi connectivity index (χ1v) is 17.4. The van der Waals surface area contributed by atoms with E-state index in [-0.39, 0.29) is 11.9 Å². The van der Waals surface area contributed by atoms with Crippen molar-refractivity contribution in [1.29, 1.82) is 0 Å². The lowest BCUT2D eigenvalue weighted by Gasteiger charge is -2.14. The monoisotopic (exact) mass is 553 g/mol. The average Bonchev–Trinajstić information content (AvgIpc) is 2.94. The van der Waals surface area contributed by atoms with Crippen molar-refractivity contribution >= 4 is 11.9 Å². The highest BCUT2D eigenvalue weighted by Crippen LogP contribution is 2.20. The molecule has 0 N–H and O–H groups in total. The maximum atomic E-state index is 12.0. The predicted octanol–water partition coefficient (Wildman–Crippen LogP) is 11.3. The summed E-state index contributed by atoms with van der Waals surface area (Å²) in [7, 11) is 0. The molecule has 0 aliphatic carbocycles. The second kappa shape index (κ2) is 31.5. The van der Waals surface area contributed by atoms with Crippen LogP contribution in [0, 0.1) is 5.92 Å². The van der Waals surface area contributed by atoms with Gasteiger partial charge in [-0.05, 0) is 31.6 Å². The van der Waals surface area contributed by atoms with Crippen LogP contribution in [0.15, 0.2) is 0 Å². The van der Waals surface area contributed by atoms with Crippen molar-refractivity contribution < 1.29 is 19.1 Å². The minimum absolute atomic E-state index is 0.00250. The summed E-state index contributed by atoms with van der Waals surface area (Å²) < 4.78 is 10.8. The Morgan fingerprint density at radius 3 is 1.28 bits per heavy atom. The molecule has 0 bridgehead atoms. The fourth-order valence-electron chi connectivity index (χ4n) is 5.27. The van der Waals surface area contributed by atoms with Crippen LogP contribution in [-0.4, -0.2) is 25.2 Å². The van der Waals surface area contributed by atoms with Gasteiger partial charge in [-0.2, -0.15) is 0 Å². The number of ether oxygens (including phenoxy) is 2. The Balaban J connectivity index is 3.42. The highest BCUT2D eigenvalue weighted by Gasteiger charge is 2.10. The molecular weight excluding hydrogens is 484 g/mol. The maximum Gasteiger partial charge on any atom is 0.305 e. The van der Waals surface area contributed by atoms with E-state index in [0.29, 0.717) is 32.0 Å².